The van der Waals surface area contributed by atoms with Gasteiger partial charge in [0.2, 0.25) is 0 Å². The first kappa shape index (κ1) is 19.4. The molecule has 1 aliphatic rings. The number of aromatic nitrogens is 5. The highest BCUT2D eigenvalue weighted by Gasteiger charge is 2.29. The molecule has 0 radical (unpaired) electrons. The van der Waals surface area contributed by atoms with Gasteiger partial charge in [-0.25, -0.2) is 14.5 Å². The maximum absolute atomic E-state index is 13.2. The number of carbonyl (C=O) groups is 1. The van der Waals surface area contributed by atoms with E-state index < -0.39 is 0 Å². The number of pyridine rings is 1. The van der Waals surface area contributed by atoms with Crippen LogP contribution in [0, 0.1) is 6.92 Å². The van der Waals surface area contributed by atoms with Gasteiger partial charge in [0.1, 0.15) is 17.4 Å². The van der Waals surface area contributed by atoms with Crippen LogP contribution in [0.5, 0.6) is 0 Å². The predicted molar refractivity (Wildman–Crippen MR) is 111 cm³/mol. The van der Waals surface area contributed by atoms with Crippen LogP contribution >= 0.6 is 0 Å². The van der Waals surface area contributed by atoms with Crippen LogP contribution in [0.2, 0.25) is 0 Å². The Morgan fingerprint density at radius 1 is 1.29 bits per heavy atom. The lowest BCUT2D eigenvalue weighted by atomic mass is 10.1. The predicted octanol–water partition coefficient (Wildman–Crippen LogP) is 2.86. The van der Waals surface area contributed by atoms with E-state index in [-0.39, 0.29) is 12.0 Å². The summed E-state index contributed by atoms with van der Waals surface area (Å²) in [4.78, 5) is 24.1. The van der Waals surface area contributed by atoms with Gasteiger partial charge in [-0.15, -0.1) is 0 Å². The molecule has 1 aliphatic heterocycles. The highest BCUT2D eigenvalue weighted by molar-refractivity contribution is 5.99. The molecule has 0 N–H and O–H groups in total. The average molecular weight is 418 g/mol. The quantitative estimate of drug-likeness (QED) is 0.502. The maximum atomic E-state index is 13.2. The fourth-order valence-electron chi connectivity index (χ4n) is 3.92. The van der Waals surface area contributed by atoms with Gasteiger partial charge in [-0.2, -0.15) is 5.10 Å². The Morgan fingerprint density at radius 3 is 3.06 bits per heavy atom. The highest BCUT2D eigenvalue weighted by Crippen LogP contribution is 2.29. The van der Waals surface area contributed by atoms with Crippen molar-refractivity contribution in [2.45, 2.75) is 26.4 Å². The largest absolute Gasteiger partial charge is 0.368 e. The third-order valence-electron chi connectivity index (χ3n) is 5.47. The van der Waals surface area contributed by atoms with Crippen molar-refractivity contribution in [1.29, 1.82) is 0 Å². The first-order valence-electron chi connectivity index (χ1n) is 10.3. The molecule has 0 aromatic carbocycles. The number of hydrogen-bond donors (Lipinski definition) is 0. The normalized spacial score (nSPS) is 16.7. The van der Waals surface area contributed by atoms with Gasteiger partial charge in [-0.1, -0.05) is 18.1 Å². The summed E-state index contributed by atoms with van der Waals surface area (Å²) >= 11 is 0. The summed E-state index contributed by atoms with van der Waals surface area (Å²) in [5.41, 5.74) is 4.33. The Kier molecular flexibility index (Phi) is 4.95. The monoisotopic (exact) mass is 418 g/mol. The molecule has 0 aliphatic carbocycles. The van der Waals surface area contributed by atoms with Crippen LogP contribution < -0.4 is 0 Å². The van der Waals surface area contributed by atoms with Crippen LogP contribution in [0.3, 0.4) is 0 Å². The molecule has 5 heterocycles. The van der Waals surface area contributed by atoms with Gasteiger partial charge in [-0.05, 0) is 25.1 Å². The second kappa shape index (κ2) is 7.92. The Bertz CT molecular complexity index is 1250. The number of ether oxygens (including phenoxy) is 1. The number of fused-ring (bicyclic) bond motifs is 1. The third-order valence-corrected chi connectivity index (χ3v) is 5.47. The molecule has 158 valence electrons. The molecule has 4 aromatic rings. The average Bonchev–Trinajstić information content (AvgIpc) is 3.42. The number of aryl methyl sites for hydroxylation is 2. The molecule has 0 spiro atoms. The SMILES string of the molecule is CCc1onc(C)c1-c1cccc([C@@H]2CN(C(=O)c3cnn4cccnc34)CCO2)n1. The molecule has 9 heteroatoms. The van der Waals surface area contributed by atoms with E-state index in [0.29, 0.717) is 30.9 Å². The van der Waals surface area contributed by atoms with Gasteiger partial charge in [0.05, 0.1) is 42.0 Å². The Morgan fingerprint density at radius 2 is 2.19 bits per heavy atom. The third kappa shape index (κ3) is 3.46. The van der Waals surface area contributed by atoms with Gasteiger partial charge < -0.3 is 14.2 Å². The van der Waals surface area contributed by atoms with Crippen LogP contribution in [0.4, 0.5) is 0 Å². The lowest BCUT2D eigenvalue weighted by molar-refractivity contribution is -0.0246. The van der Waals surface area contributed by atoms with Gasteiger partial charge in [-0.3, -0.25) is 4.79 Å². The number of nitrogens with zero attached hydrogens (tertiary/aromatic N) is 6. The van der Waals surface area contributed by atoms with Crippen molar-refractivity contribution in [3.05, 3.63) is 65.6 Å². The van der Waals surface area contributed by atoms with Crippen molar-refractivity contribution in [3.63, 3.8) is 0 Å². The fourth-order valence-corrected chi connectivity index (χ4v) is 3.92. The second-order valence-electron chi connectivity index (χ2n) is 7.42. The maximum Gasteiger partial charge on any atom is 0.259 e. The summed E-state index contributed by atoms with van der Waals surface area (Å²) in [6, 6.07) is 7.59. The van der Waals surface area contributed by atoms with Crippen LogP contribution in [-0.2, 0) is 11.2 Å². The second-order valence-corrected chi connectivity index (χ2v) is 7.42. The van der Waals surface area contributed by atoms with Gasteiger partial charge in [0, 0.05) is 25.4 Å². The molecule has 9 nitrogen and oxygen atoms in total. The Hall–Kier alpha value is -3.59. The number of morpholine rings is 1. The molecule has 4 aromatic heterocycles. The van der Waals surface area contributed by atoms with Gasteiger partial charge >= 0.3 is 0 Å². The van der Waals surface area contributed by atoms with Crippen LogP contribution in [0.1, 0.15) is 40.5 Å². The minimum Gasteiger partial charge on any atom is -0.368 e. The molecule has 1 amide bonds. The van der Waals surface area contributed by atoms with E-state index in [4.69, 9.17) is 14.2 Å². The fraction of sp³-hybridized carbons (Fsp3) is 0.318. The zero-order valence-electron chi connectivity index (χ0n) is 17.4. The molecule has 1 atom stereocenters. The summed E-state index contributed by atoms with van der Waals surface area (Å²) in [5.74, 6) is 0.699. The first-order valence-corrected chi connectivity index (χ1v) is 10.3. The standard InChI is InChI=1S/C22H22N6O3/c1-3-18-20(14(2)26-31-18)17-7-4-6-16(25-17)19-13-27(10-11-30-19)22(29)15-12-24-28-9-5-8-23-21(15)28/h4-9,12,19H,3,10-11,13H2,1-2H3/t19-/m0/s1. The van der Waals surface area contributed by atoms with E-state index in [2.05, 4.69) is 15.2 Å². The van der Waals surface area contributed by atoms with E-state index >= 15 is 0 Å². The van der Waals surface area contributed by atoms with E-state index in [1.165, 1.54) is 0 Å². The number of hydrogen-bond acceptors (Lipinski definition) is 7. The van der Waals surface area contributed by atoms with Gasteiger partial charge in [0.15, 0.2) is 5.65 Å². The van der Waals surface area contributed by atoms with E-state index in [1.54, 1.807) is 34.1 Å². The Labute approximate surface area is 178 Å². The van der Waals surface area contributed by atoms with Crippen LogP contribution in [0.25, 0.3) is 16.9 Å². The molecular weight excluding hydrogens is 396 g/mol. The Balaban J connectivity index is 1.41. The summed E-state index contributed by atoms with van der Waals surface area (Å²) in [6.45, 7) is 5.28. The molecule has 1 fully saturated rings. The molecule has 31 heavy (non-hydrogen) atoms. The summed E-state index contributed by atoms with van der Waals surface area (Å²) in [5, 5.41) is 8.31. The van der Waals surface area contributed by atoms with Gasteiger partial charge in [0.25, 0.3) is 5.91 Å². The lowest BCUT2D eigenvalue weighted by Gasteiger charge is -2.32. The van der Waals surface area contributed by atoms with Crippen molar-refractivity contribution < 1.29 is 14.1 Å². The minimum atomic E-state index is -0.322. The summed E-state index contributed by atoms with van der Waals surface area (Å²) in [7, 11) is 0. The summed E-state index contributed by atoms with van der Waals surface area (Å²) < 4.78 is 13.0. The zero-order chi connectivity index (χ0) is 21.4. The van der Waals surface area contributed by atoms with E-state index in [1.807, 2.05) is 32.0 Å². The number of rotatable bonds is 4. The molecule has 0 unspecified atom stereocenters. The lowest BCUT2D eigenvalue weighted by Crippen LogP contribution is -2.42. The molecule has 0 saturated carbocycles. The summed E-state index contributed by atoms with van der Waals surface area (Å²) in [6.07, 6.45) is 5.40. The van der Waals surface area contributed by atoms with Crippen molar-refractivity contribution >= 4 is 11.6 Å². The molecule has 0 bridgehead atoms. The van der Waals surface area contributed by atoms with Crippen molar-refractivity contribution in [3.8, 4) is 11.3 Å². The highest BCUT2D eigenvalue weighted by atomic mass is 16.5. The van der Waals surface area contributed by atoms with E-state index in [9.17, 15) is 4.79 Å². The zero-order valence-corrected chi connectivity index (χ0v) is 17.4. The minimum absolute atomic E-state index is 0.110. The number of carbonyl (C=O) groups excluding carboxylic acids is 1. The van der Waals surface area contributed by atoms with Crippen molar-refractivity contribution in [2.75, 3.05) is 19.7 Å². The van der Waals surface area contributed by atoms with Crippen LogP contribution in [-0.4, -0.2) is 55.2 Å². The topological polar surface area (TPSA) is 98.7 Å². The number of amides is 1. The van der Waals surface area contributed by atoms with Crippen molar-refractivity contribution in [1.82, 2.24) is 29.6 Å². The van der Waals surface area contributed by atoms with Crippen molar-refractivity contribution in [2.24, 2.45) is 0 Å². The van der Waals surface area contributed by atoms with E-state index in [0.717, 1.165) is 34.8 Å². The van der Waals surface area contributed by atoms with Crippen LogP contribution in [0.15, 0.2) is 47.4 Å². The molecule has 1 saturated heterocycles. The first-order chi connectivity index (χ1) is 15.2. The molecular formula is C22H22N6O3. The smallest absolute Gasteiger partial charge is 0.259 e. The molecule has 5 rings (SSSR count).